The van der Waals surface area contributed by atoms with Crippen LogP contribution in [0.1, 0.15) is 25.7 Å². The highest BCUT2D eigenvalue weighted by Crippen LogP contribution is 2.43. The average Bonchev–Trinajstić information content (AvgIpc) is 2.22. The zero-order valence-electron chi connectivity index (χ0n) is 4.48. The Morgan fingerprint density at radius 2 is 2.29 bits per heavy atom. The van der Waals surface area contributed by atoms with Crippen LogP contribution in [0.3, 0.4) is 0 Å². The maximum atomic E-state index is 3.46. The van der Waals surface area contributed by atoms with E-state index in [4.69, 9.17) is 0 Å². The molecule has 2 radical (unpaired) electrons. The molecule has 0 spiro atoms. The normalized spacial score (nSPS) is 48.0. The molecule has 0 N–H and O–H groups in total. The minimum absolute atomic E-state index is 0.921. The van der Waals surface area contributed by atoms with Crippen molar-refractivity contribution in [1.29, 1.82) is 0 Å². The monoisotopic (exact) mass is 94.1 g/mol. The van der Waals surface area contributed by atoms with Gasteiger partial charge in [-0.15, -0.1) is 0 Å². The third-order valence-electron chi connectivity index (χ3n) is 2.24. The standard InChI is InChI=1S/C7H10/c1-2-7-4-3-6(1)5-7/h6-7H,1-3,5H2. The molecule has 0 aromatic rings. The molecular formula is C7H10. The van der Waals surface area contributed by atoms with Crippen LogP contribution in [0.25, 0.3) is 0 Å². The summed E-state index contributed by atoms with van der Waals surface area (Å²) in [4.78, 5) is 0. The fourth-order valence-electron chi connectivity index (χ4n) is 1.78. The summed E-state index contributed by atoms with van der Waals surface area (Å²) in [5.41, 5.74) is 0. The zero-order chi connectivity index (χ0) is 4.69. The Morgan fingerprint density at radius 3 is 2.43 bits per heavy atom. The van der Waals surface area contributed by atoms with Crippen LogP contribution in [0.5, 0.6) is 0 Å². The van der Waals surface area contributed by atoms with Crippen LogP contribution in [-0.4, -0.2) is 0 Å². The lowest BCUT2D eigenvalue weighted by molar-refractivity contribution is 0.557. The van der Waals surface area contributed by atoms with Gasteiger partial charge in [0.15, 0.2) is 0 Å². The quantitative estimate of drug-likeness (QED) is 0.430. The van der Waals surface area contributed by atoms with Crippen molar-refractivity contribution in [2.45, 2.75) is 25.7 Å². The Hall–Kier alpha value is 0. The Kier molecular flexibility index (Phi) is 0.697. The summed E-state index contributed by atoms with van der Waals surface area (Å²) in [6.07, 6.45) is 9.19. The highest BCUT2D eigenvalue weighted by atomic mass is 14.4. The van der Waals surface area contributed by atoms with Crippen molar-refractivity contribution in [3.63, 3.8) is 0 Å². The zero-order valence-corrected chi connectivity index (χ0v) is 4.48. The highest BCUT2D eigenvalue weighted by Gasteiger charge is 2.31. The van der Waals surface area contributed by atoms with E-state index in [0.29, 0.717) is 0 Å². The fraction of sp³-hybridized carbons (Fsp3) is 0.857. The van der Waals surface area contributed by atoms with Crippen LogP contribution in [-0.2, 0) is 0 Å². The predicted octanol–water partition coefficient (Wildman–Crippen LogP) is 1.89. The van der Waals surface area contributed by atoms with Crippen molar-refractivity contribution in [3.8, 4) is 0 Å². The Bertz CT molecular complexity index is 58.1. The second kappa shape index (κ2) is 1.24. The van der Waals surface area contributed by atoms with Gasteiger partial charge in [-0.1, -0.05) is 6.42 Å². The minimum Gasteiger partial charge on any atom is -0.0501 e. The lowest BCUT2D eigenvalue weighted by atomic mass is 10.0. The largest absolute Gasteiger partial charge is 0.0501 e. The minimum atomic E-state index is 0.921. The van der Waals surface area contributed by atoms with E-state index in [2.05, 4.69) is 6.42 Å². The molecule has 2 aliphatic rings. The number of fused-ring (bicyclic) bond motifs is 2. The van der Waals surface area contributed by atoms with Gasteiger partial charge >= 0.3 is 0 Å². The van der Waals surface area contributed by atoms with Gasteiger partial charge in [0.25, 0.3) is 0 Å². The van der Waals surface area contributed by atoms with E-state index in [1.54, 1.807) is 0 Å². The van der Waals surface area contributed by atoms with Crippen molar-refractivity contribution < 1.29 is 0 Å². The summed E-state index contributed by atoms with van der Waals surface area (Å²) < 4.78 is 0. The van der Waals surface area contributed by atoms with Crippen LogP contribution in [0, 0.1) is 18.3 Å². The molecule has 0 saturated heterocycles. The van der Waals surface area contributed by atoms with Gasteiger partial charge in [0, 0.05) is 0 Å². The molecule has 0 aromatic heterocycles. The molecule has 2 saturated carbocycles. The lowest BCUT2D eigenvalue weighted by Gasteiger charge is -2.04. The Balaban J connectivity index is 2.12. The van der Waals surface area contributed by atoms with Gasteiger partial charge in [-0.25, -0.2) is 0 Å². The summed E-state index contributed by atoms with van der Waals surface area (Å²) >= 11 is 0. The molecule has 0 aliphatic heterocycles. The average molecular weight is 94.2 g/mol. The van der Waals surface area contributed by atoms with Crippen LogP contribution in [0.15, 0.2) is 0 Å². The summed E-state index contributed by atoms with van der Waals surface area (Å²) in [6.45, 7) is 0. The van der Waals surface area contributed by atoms with Crippen molar-refractivity contribution in [2.75, 3.05) is 0 Å². The van der Waals surface area contributed by atoms with E-state index >= 15 is 0 Å². The molecular weight excluding hydrogens is 84.1 g/mol. The fourth-order valence-corrected chi connectivity index (χ4v) is 1.78. The van der Waals surface area contributed by atoms with E-state index in [9.17, 15) is 0 Å². The molecule has 0 amide bonds. The molecule has 2 rings (SSSR count). The number of hydrogen-bond donors (Lipinski definition) is 0. The third-order valence-corrected chi connectivity index (χ3v) is 2.24. The van der Waals surface area contributed by atoms with Gasteiger partial charge in [0.05, 0.1) is 0 Å². The Labute approximate surface area is 44.9 Å². The van der Waals surface area contributed by atoms with Crippen LogP contribution < -0.4 is 0 Å². The van der Waals surface area contributed by atoms with E-state index in [1.165, 1.54) is 25.7 Å². The topological polar surface area (TPSA) is 0 Å². The molecule has 0 heteroatoms. The SMILES string of the molecule is [C]1CC2CCC1C2. The number of hydrogen-bond acceptors (Lipinski definition) is 0. The van der Waals surface area contributed by atoms with Crippen molar-refractivity contribution in [1.82, 2.24) is 0 Å². The molecule has 0 heterocycles. The lowest BCUT2D eigenvalue weighted by Crippen LogP contribution is -1.92. The predicted molar refractivity (Wildman–Crippen MR) is 28.7 cm³/mol. The summed E-state index contributed by atoms with van der Waals surface area (Å²) in [5, 5.41) is 0. The molecule has 2 fully saturated rings. The number of rotatable bonds is 0. The van der Waals surface area contributed by atoms with E-state index in [0.717, 1.165) is 11.8 Å². The molecule has 0 nitrogen and oxygen atoms in total. The summed E-state index contributed by atoms with van der Waals surface area (Å²) in [5.74, 6) is 1.98. The molecule has 2 aliphatic carbocycles. The first-order valence-corrected chi connectivity index (χ1v) is 3.18. The van der Waals surface area contributed by atoms with E-state index in [-0.39, 0.29) is 0 Å². The smallest absolute Gasteiger partial charge is 0.0137 e. The maximum absolute atomic E-state index is 3.46. The van der Waals surface area contributed by atoms with Gasteiger partial charge in [0.2, 0.25) is 0 Å². The Morgan fingerprint density at radius 1 is 1.29 bits per heavy atom. The molecule has 2 bridgehead atoms. The van der Waals surface area contributed by atoms with Crippen LogP contribution in [0.4, 0.5) is 0 Å². The summed E-state index contributed by atoms with van der Waals surface area (Å²) in [6, 6.07) is 0. The van der Waals surface area contributed by atoms with Crippen LogP contribution in [0.2, 0.25) is 0 Å². The highest BCUT2D eigenvalue weighted by molar-refractivity contribution is 4.94. The first-order valence-electron chi connectivity index (χ1n) is 3.18. The molecule has 7 heavy (non-hydrogen) atoms. The van der Waals surface area contributed by atoms with E-state index in [1.807, 2.05) is 0 Å². The van der Waals surface area contributed by atoms with Crippen molar-refractivity contribution in [3.05, 3.63) is 6.42 Å². The van der Waals surface area contributed by atoms with Crippen molar-refractivity contribution in [2.24, 2.45) is 11.8 Å². The van der Waals surface area contributed by atoms with E-state index < -0.39 is 0 Å². The first-order chi connectivity index (χ1) is 3.45. The first kappa shape index (κ1) is 3.94. The molecule has 2 atom stereocenters. The van der Waals surface area contributed by atoms with Gasteiger partial charge in [-0.05, 0) is 37.5 Å². The van der Waals surface area contributed by atoms with Gasteiger partial charge < -0.3 is 0 Å². The summed E-state index contributed by atoms with van der Waals surface area (Å²) in [7, 11) is 0. The molecule has 2 unspecified atom stereocenters. The van der Waals surface area contributed by atoms with Gasteiger partial charge in [-0.2, -0.15) is 0 Å². The molecule has 38 valence electrons. The van der Waals surface area contributed by atoms with Crippen LogP contribution >= 0.6 is 0 Å². The second-order valence-corrected chi connectivity index (χ2v) is 2.78. The van der Waals surface area contributed by atoms with Gasteiger partial charge in [-0.3, -0.25) is 0 Å². The van der Waals surface area contributed by atoms with Gasteiger partial charge in [0.1, 0.15) is 0 Å². The second-order valence-electron chi connectivity index (χ2n) is 2.78. The molecule has 0 aromatic carbocycles. The maximum Gasteiger partial charge on any atom is -0.0137 e. The van der Waals surface area contributed by atoms with Crippen molar-refractivity contribution >= 4 is 0 Å². The third kappa shape index (κ3) is 0.490.